The molecule has 8 nitrogen and oxygen atoms in total. The highest BCUT2D eigenvalue weighted by molar-refractivity contribution is 6.00. The van der Waals surface area contributed by atoms with E-state index in [0.29, 0.717) is 35.6 Å². The van der Waals surface area contributed by atoms with E-state index in [2.05, 4.69) is 15.5 Å². The molecule has 8 heteroatoms. The zero-order chi connectivity index (χ0) is 26.9. The number of anilines is 1. The van der Waals surface area contributed by atoms with Gasteiger partial charge in [0.15, 0.2) is 11.5 Å². The van der Waals surface area contributed by atoms with Gasteiger partial charge in [-0.15, -0.1) is 0 Å². The van der Waals surface area contributed by atoms with Crippen LogP contribution in [0.5, 0.6) is 17.2 Å². The van der Waals surface area contributed by atoms with Crippen LogP contribution < -0.4 is 29.7 Å². The maximum absolute atomic E-state index is 13.1. The first-order valence-electron chi connectivity index (χ1n) is 12.8. The molecule has 1 fully saturated rings. The van der Waals surface area contributed by atoms with Gasteiger partial charge in [0.25, 0.3) is 11.8 Å². The predicted octanol–water partition coefficient (Wildman–Crippen LogP) is 4.08. The van der Waals surface area contributed by atoms with Crippen molar-refractivity contribution in [2.75, 3.05) is 45.9 Å². The third kappa shape index (κ3) is 6.56. The molecule has 0 spiro atoms. The molecule has 4 rings (SSSR count). The molecular weight excluding hydrogens is 482 g/mol. The number of piperidine rings is 1. The maximum Gasteiger partial charge on any atom is 0.253 e. The highest BCUT2D eigenvalue weighted by Gasteiger charge is 2.24. The molecule has 1 heterocycles. The monoisotopic (exact) mass is 517 g/mol. The van der Waals surface area contributed by atoms with Crippen molar-refractivity contribution in [3.8, 4) is 17.2 Å². The smallest absolute Gasteiger partial charge is 0.253 e. The van der Waals surface area contributed by atoms with Crippen LogP contribution in [-0.4, -0.2) is 58.8 Å². The molecule has 0 bridgehead atoms. The van der Waals surface area contributed by atoms with Crippen molar-refractivity contribution in [2.24, 2.45) is 0 Å². The van der Waals surface area contributed by atoms with Crippen molar-refractivity contribution >= 4 is 17.5 Å². The Morgan fingerprint density at radius 2 is 1.55 bits per heavy atom. The van der Waals surface area contributed by atoms with Crippen LogP contribution in [0.25, 0.3) is 0 Å². The minimum atomic E-state index is -0.101. The number of para-hydroxylation sites is 1. The van der Waals surface area contributed by atoms with E-state index in [-0.39, 0.29) is 17.9 Å². The van der Waals surface area contributed by atoms with Gasteiger partial charge in [-0.3, -0.25) is 9.59 Å². The summed E-state index contributed by atoms with van der Waals surface area (Å²) in [4.78, 5) is 28.0. The van der Waals surface area contributed by atoms with Gasteiger partial charge in [0, 0.05) is 36.9 Å². The Morgan fingerprint density at radius 1 is 0.842 bits per heavy atom. The number of methoxy groups -OCH3 is 3. The van der Waals surface area contributed by atoms with Crippen molar-refractivity contribution < 1.29 is 23.8 Å². The molecule has 0 aliphatic carbocycles. The summed E-state index contributed by atoms with van der Waals surface area (Å²) in [6, 6.07) is 20.6. The largest absolute Gasteiger partial charge is 0.497 e. The number of rotatable bonds is 10. The molecule has 0 saturated carbocycles. The summed E-state index contributed by atoms with van der Waals surface area (Å²) in [5, 5.41) is 6.19. The quantitative estimate of drug-likeness (QED) is 0.421. The third-order valence-electron chi connectivity index (χ3n) is 6.82. The third-order valence-corrected chi connectivity index (χ3v) is 6.82. The number of ether oxygens (including phenoxy) is 3. The van der Waals surface area contributed by atoms with E-state index in [1.165, 1.54) is 0 Å². The van der Waals surface area contributed by atoms with Crippen LogP contribution in [0.2, 0.25) is 0 Å². The van der Waals surface area contributed by atoms with Gasteiger partial charge >= 0.3 is 0 Å². The fourth-order valence-electron chi connectivity index (χ4n) is 4.67. The molecule has 1 aliphatic heterocycles. The van der Waals surface area contributed by atoms with Gasteiger partial charge in [-0.25, -0.2) is 0 Å². The summed E-state index contributed by atoms with van der Waals surface area (Å²) < 4.78 is 15.8. The molecule has 0 radical (unpaired) electrons. The van der Waals surface area contributed by atoms with E-state index in [1.807, 2.05) is 42.5 Å². The van der Waals surface area contributed by atoms with Crippen LogP contribution in [0.15, 0.2) is 66.7 Å². The zero-order valence-electron chi connectivity index (χ0n) is 22.2. The lowest BCUT2D eigenvalue weighted by Gasteiger charge is -2.35. The Balaban J connectivity index is 1.30. The summed E-state index contributed by atoms with van der Waals surface area (Å²) in [6.07, 6.45) is 2.28. The molecular formula is C30H35N3O5. The lowest BCUT2D eigenvalue weighted by Crippen LogP contribution is -2.45. The van der Waals surface area contributed by atoms with E-state index in [9.17, 15) is 9.59 Å². The first-order chi connectivity index (χ1) is 18.5. The molecule has 3 aromatic rings. The highest BCUT2D eigenvalue weighted by Crippen LogP contribution is 2.28. The minimum absolute atomic E-state index is 0.0830. The second-order valence-corrected chi connectivity index (χ2v) is 9.18. The van der Waals surface area contributed by atoms with Gasteiger partial charge in [-0.05, 0) is 73.4 Å². The van der Waals surface area contributed by atoms with Crippen LogP contribution in [0, 0.1) is 0 Å². The molecule has 200 valence electrons. The molecule has 3 aromatic carbocycles. The summed E-state index contributed by atoms with van der Waals surface area (Å²) in [7, 11) is 4.82. The van der Waals surface area contributed by atoms with Crippen LogP contribution in [0.1, 0.15) is 39.1 Å². The van der Waals surface area contributed by atoms with Gasteiger partial charge in [0.2, 0.25) is 0 Å². The highest BCUT2D eigenvalue weighted by atomic mass is 16.5. The molecule has 2 N–H and O–H groups in total. The Labute approximate surface area is 223 Å². The molecule has 1 saturated heterocycles. The first-order valence-corrected chi connectivity index (χ1v) is 12.8. The standard InChI is InChI=1S/C30H35N3O5/c1-36-24-11-9-22(10-12-24)29(34)32-23-15-18-33(19-16-23)26-7-5-4-6-25(26)30(35)31-17-14-21-8-13-27(37-2)28(20-21)38-3/h4-13,20,23H,14-19H2,1-3H3,(H,31,35)(H,32,34). The SMILES string of the molecule is COc1ccc(C(=O)NC2CCN(c3ccccc3C(=O)NCCc3ccc(OC)c(OC)c3)CC2)cc1. The number of amides is 2. The van der Waals surface area contributed by atoms with E-state index < -0.39 is 0 Å². The summed E-state index contributed by atoms with van der Waals surface area (Å²) in [5.74, 6) is 1.89. The zero-order valence-corrected chi connectivity index (χ0v) is 22.2. The Morgan fingerprint density at radius 3 is 2.24 bits per heavy atom. The first kappa shape index (κ1) is 26.9. The van der Waals surface area contributed by atoms with Gasteiger partial charge < -0.3 is 29.7 Å². The predicted molar refractivity (Wildman–Crippen MR) is 148 cm³/mol. The fourth-order valence-corrected chi connectivity index (χ4v) is 4.67. The van der Waals surface area contributed by atoms with E-state index in [1.54, 1.807) is 45.6 Å². The molecule has 0 unspecified atom stereocenters. The second-order valence-electron chi connectivity index (χ2n) is 9.18. The van der Waals surface area contributed by atoms with Gasteiger partial charge in [0.05, 0.1) is 26.9 Å². The lowest BCUT2D eigenvalue weighted by atomic mass is 10.0. The van der Waals surface area contributed by atoms with Gasteiger partial charge in [-0.2, -0.15) is 0 Å². The van der Waals surface area contributed by atoms with Crippen molar-refractivity contribution in [1.82, 2.24) is 10.6 Å². The number of carbonyl (C=O) groups is 2. The van der Waals surface area contributed by atoms with Gasteiger partial charge in [-0.1, -0.05) is 18.2 Å². The number of hydrogen-bond acceptors (Lipinski definition) is 6. The van der Waals surface area contributed by atoms with Crippen LogP contribution >= 0.6 is 0 Å². The normalized spacial score (nSPS) is 13.5. The van der Waals surface area contributed by atoms with E-state index >= 15 is 0 Å². The van der Waals surface area contributed by atoms with Crippen molar-refractivity contribution in [2.45, 2.75) is 25.3 Å². The van der Waals surface area contributed by atoms with Crippen molar-refractivity contribution in [3.05, 3.63) is 83.4 Å². The molecule has 38 heavy (non-hydrogen) atoms. The number of carbonyl (C=O) groups excluding carboxylic acids is 2. The molecule has 0 aromatic heterocycles. The lowest BCUT2D eigenvalue weighted by molar-refractivity contribution is 0.0929. The second kappa shape index (κ2) is 12.9. The average Bonchev–Trinajstić information content (AvgIpc) is 2.97. The van der Waals surface area contributed by atoms with E-state index in [4.69, 9.17) is 14.2 Å². The number of benzene rings is 3. The van der Waals surface area contributed by atoms with Crippen molar-refractivity contribution in [1.29, 1.82) is 0 Å². The fraction of sp³-hybridized carbons (Fsp3) is 0.333. The summed E-state index contributed by atoms with van der Waals surface area (Å²) in [5.41, 5.74) is 3.23. The summed E-state index contributed by atoms with van der Waals surface area (Å²) >= 11 is 0. The Kier molecular flexibility index (Phi) is 9.08. The average molecular weight is 518 g/mol. The maximum atomic E-state index is 13.1. The molecule has 1 aliphatic rings. The molecule has 2 amide bonds. The van der Waals surface area contributed by atoms with E-state index in [0.717, 1.165) is 42.9 Å². The minimum Gasteiger partial charge on any atom is -0.497 e. The summed E-state index contributed by atoms with van der Waals surface area (Å²) in [6.45, 7) is 2.01. The topological polar surface area (TPSA) is 89.1 Å². The number of nitrogens with zero attached hydrogens (tertiary/aromatic N) is 1. The van der Waals surface area contributed by atoms with Crippen LogP contribution in [0.4, 0.5) is 5.69 Å². The number of hydrogen-bond donors (Lipinski definition) is 2. The van der Waals surface area contributed by atoms with Crippen molar-refractivity contribution in [3.63, 3.8) is 0 Å². The van der Waals surface area contributed by atoms with Gasteiger partial charge in [0.1, 0.15) is 5.75 Å². The Hall–Kier alpha value is -4.20. The number of nitrogens with one attached hydrogen (secondary N) is 2. The van der Waals surface area contributed by atoms with Crippen LogP contribution in [-0.2, 0) is 6.42 Å². The van der Waals surface area contributed by atoms with Crippen LogP contribution in [0.3, 0.4) is 0 Å². The molecule has 0 atom stereocenters. The Bertz CT molecular complexity index is 1240.